The number of aromatic nitrogens is 3. The van der Waals surface area contributed by atoms with Crippen molar-refractivity contribution in [1.82, 2.24) is 15.0 Å². The van der Waals surface area contributed by atoms with Crippen LogP contribution in [0.3, 0.4) is 0 Å². The van der Waals surface area contributed by atoms with E-state index in [2.05, 4.69) is 34.0 Å². The number of furan rings is 1. The second-order valence-electron chi connectivity index (χ2n) is 5.93. The van der Waals surface area contributed by atoms with Gasteiger partial charge >= 0.3 is 0 Å². The molecule has 0 bridgehead atoms. The van der Waals surface area contributed by atoms with Gasteiger partial charge < -0.3 is 10.2 Å². The van der Waals surface area contributed by atoms with Gasteiger partial charge in [-0.3, -0.25) is 4.98 Å². The highest BCUT2D eigenvalue weighted by Gasteiger charge is 2.19. The van der Waals surface area contributed by atoms with Crippen LogP contribution in [0.5, 0.6) is 0 Å². The van der Waals surface area contributed by atoms with E-state index in [9.17, 15) is 0 Å². The second kappa shape index (κ2) is 6.29. The fourth-order valence-corrected chi connectivity index (χ4v) is 4.17. The standard InChI is InChI=1S/C19H18N4OS/c1-3-12(14-6-4-5-9-21-14)16-10-13-17(20)22-18(23-19(13)25-16)15-8-7-11(2)24-15/h4-10,12H,3H2,1-2H3,(H2,20,22,23). The lowest BCUT2D eigenvalue weighted by Gasteiger charge is -2.11. The Labute approximate surface area is 149 Å². The van der Waals surface area contributed by atoms with Gasteiger partial charge in [-0.1, -0.05) is 13.0 Å². The highest BCUT2D eigenvalue weighted by atomic mass is 32.1. The minimum absolute atomic E-state index is 0.231. The van der Waals surface area contributed by atoms with Gasteiger partial charge in [-0.15, -0.1) is 11.3 Å². The molecule has 4 aromatic heterocycles. The van der Waals surface area contributed by atoms with E-state index in [0.717, 1.165) is 28.1 Å². The number of pyridine rings is 1. The summed E-state index contributed by atoms with van der Waals surface area (Å²) in [6, 6.07) is 11.9. The normalized spacial score (nSPS) is 12.6. The van der Waals surface area contributed by atoms with E-state index in [1.807, 2.05) is 37.4 Å². The van der Waals surface area contributed by atoms with Crippen LogP contribution in [-0.4, -0.2) is 15.0 Å². The van der Waals surface area contributed by atoms with Crippen molar-refractivity contribution in [3.63, 3.8) is 0 Å². The van der Waals surface area contributed by atoms with Crippen LogP contribution >= 0.6 is 11.3 Å². The van der Waals surface area contributed by atoms with Crippen LogP contribution in [0, 0.1) is 6.92 Å². The molecule has 1 atom stereocenters. The first-order valence-electron chi connectivity index (χ1n) is 8.20. The third kappa shape index (κ3) is 2.89. The van der Waals surface area contributed by atoms with Crippen LogP contribution in [0.25, 0.3) is 21.8 Å². The fourth-order valence-electron chi connectivity index (χ4n) is 2.94. The minimum Gasteiger partial charge on any atom is -0.458 e. The number of thiophene rings is 1. The Morgan fingerprint density at radius 1 is 1.20 bits per heavy atom. The van der Waals surface area contributed by atoms with E-state index in [4.69, 9.17) is 10.2 Å². The van der Waals surface area contributed by atoms with Crippen molar-refractivity contribution in [3.05, 3.63) is 58.9 Å². The summed E-state index contributed by atoms with van der Waals surface area (Å²) in [6.07, 6.45) is 2.79. The van der Waals surface area contributed by atoms with Crippen LogP contribution in [0.4, 0.5) is 5.82 Å². The largest absolute Gasteiger partial charge is 0.458 e. The summed E-state index contributed by atoms with van der Waals surface area (Å²) in [7, 11) is 0. The number of hydrogen-bond acceptors (Lipinski definition) is 6. The smallest absolute Gasteiger partial charge is 0.199 e. The van der Waals surface area contributed by atoms with Gasteiger partial charge in [-0.05, 0) is 43.7 Å². The molecule has 0 saturated carbocycles. The van der Waals surface area contributed by atoms with Gasteiger partial charge in [0, 0.05) is 22.7 Å². The van der Waals surface area contributed by atoms with Crippen LogP contribution in [0.2, 0.25) is 0 Å². The second-order valence-corrected chi connectivity index (χ2v) is 6.99. The molecule has 25 heavy (non-hydrogen) atoms. The first-order chi connectivity index (χ1) is 12.2. The monoisotopic (exact) mass is 350 g/mol. The summed E-state index contributed by atoms with van der Waals surface area (Å²) in [4.78, 5) is 15.7. The summed E-state index contributed by atoms with van der Waals surface area (Å²) in [6.45, 7) is 4.06. The van der Waals surface area contributed by atoms with Gasteiger partial charge in [0.15, 0.2) is 11.6 Å². The Morgan fingerprint density at radius 2 is 2.08 bits per heavy atom. The number of fused-ring (bicyclic) bond motifs is 1. The summed E-state index contributed by atoms with van der Waals surface area (Å²) in [5.74, 6) is 2.70. The molecule has 126 valence electrons. The summed E-state index contributed by atoms with van der Waals surface area (Å²) >= 11 is 1.64. The zero-order valence-electron chi connectivity index (χ0n) is 14.1. The molecule has 4 rings (SSSR count). The maximum Gasteiger partial charge on any atom is 0.199 e. The van der Waals surface area contributed by atoms with E-state index in [0.29, 0.717) is 17.4 Å². The lowest BCUT2D eigenvalue weighted by Crippen LogP contribution is -1.99. The van der Waals surface area contributed by atoms with Gasteiger partial charge in [-0.25, -0.2) is 9.97 Å². The number of aryl methyl sites for hydroxylation is 1. The molecule has 0 spiro atoms. The van der Waals surface area contributed by atoms with Crippen LogP contribution in [-0.2, 0) is 0 Å². The molecule has 0 radical (unpaired) electrons. The minimum atomic E-state index is 0.231. The molecule has 0 aliphatic rings. The predicted molar refractivity (Wildman–Crippen MR) is 101 cm³/mol. The van der Waals surface area contributed by atoms with Crippen LogP contribution in [0.1, 0.15) is 35.6 Å². The Kier molecular flexibility index (Phi) is 3.97. The first kappa shape index (κ1) is 15.8. The van der Waals surface area contributed by atoms with Crippen molar-refractivity contribution in [1.29, 1.82) is 0 Å². The topological polar surface area (TPSA) is 77.8 Å². The van der Waals surface area contributed by atoms with Gasteiger partial charge in [0.1, 0.15) is 16.4 Å². The van der Waals surface area contributed by atoms with Crippen molar-refractivity contribution in [2.75, 3.05) is 5.73 Å². The summed E-state index contributed by atoms with van der Waals surface area (Å²) < 4.78 is 5.63. The van der Waals surface area contributed by atoms with Crippen molar-refractivity contribution in [2.24, 2.45) is 0 Å². The number of nitrogens with zero attached hydrogens (tertiary/aromatic N) is 3. The van der Waals surface area contributed by atoms with E-state index in [-0.39, 0.29) is 5.92 Å². The van der Waals surface area contributed by atoms with Crippen molar-refractivity contribution in [2.45, 2.75) is 26.2 Å². The molecule has 6 heteroatoms. The zero-order valence-corrected chi connectivity index (χ0v) is 14.9. The Hall–Kier alpha value is -2.73. The summed E-state index contributed by atoms with van der Waals surface area (Å²) in [5.41, 5.74) is 7.25. The van der Waals surface area contributed by atoms with Gasteiger partial charge in [-0.2, -0.15) is 0 Å². The predicted octanol–water partition coefficient (Wildman–Crippen LogP) is 4.78. The quantitative estimate of drug-likeness (QED) is 0.573. The molecule has 4 aromatic rings. The molecule has 0 amide bonds. The van der Waals surface area contributed by atoms with Crippen LogP contribution < -0.4 is 5.73 Å². The molecule has 4 heterocycles. The molecule has 0 fully saturated rings. The molecular weight excluding hydrogens is 332 g/mol. The SMILES string of the molecule is CCC(c1ccccn1)c1cc2c(N)nc(-c3ccc(C)o3)nc2s1. The number of hydrogen-bond donors (Lipinski definition) is 1. The van der Waals surface area contributed by atoms with Gasteiger partial charge in [0.05, 0.1) is 5.39 Å². The fraction of sp³-hybridized carbons (Fsp3) is 0.211. The highest BCUT2D eigenvalue weighted by Crippen LogP contribution is 2.37. The van der Waals surface area contributed by atoms with Crippen molar-refractivity contribution < 1.29 is 4.42 Å². The third-order valence-electron chi connectivity index (χ3n) is 4.20. The molecule has 0 saturated heterocycles. The first-order valence-corrected chi connectivity index (χ1v) is 9.02. The Bertz CT molecular complexity index is 1020. The van der Waals surface area contributed by atoms with E-state index < -0.39 is 0 Å². The average molecular weight is 350 g/mol. The molecular formula is C19H18N4OS. The third-order valence-corrected chi connectivity index (χ3v) is 5.34. The number of nitrogen functional groups attached to an aromatic ring is 1. The Morgan fingerprint density at radius 3 is 2.76 bits per heavy atom. The Balaban J connectivity index is 1.81. The number of rotatable bonds is 4. The van der Waals surface area contributed by atoms with Gasteiger partial charge in [0.2, 0.25) is 0 Å². The maximum absolute atomic E-state index is 6.19. The molecule has 2 N–H and O–H groups in total. The number of anilines is 1. The highest BCUT2D eigenvalue weighted by molar-refractivity contribution is 7.18. The molecule has 0 aliphatic heterocycles. The lowest BCUT2D eigenvalue weighted by atomic mass is 9.99. The molecule has 0 aromatic carbocycles. The van der Waals surface area contributed by atoms with E-state index in [1.165, 1.54) is 4.88 Å². The lowest BCUT2D eigenvalue weighted by molar-refractivity contribution is 0.544. The zero-order chi connectivity index (χ0) is 17.4. The average Bonchev–Trinajstić information content (AvgIpc) is 3.23. The van der Waals surface area contributed by atoms with Gasteiger partial charge in [0.25, 0.3) is 0 Å². The van der Waals surface area contributed by atoms with Crippen LogP contribution in [0.15, 0.2) is 47.0 Å². The summed E-state index contributed by atoms with van der Waals surface area (Å²) in [5, 5.41) is 0.890. The molecule has 1 unspecified atom stereocenters. The number of nitrogens with two attached hydrogens (primary N) is 1. The van der Waals surface area contributed by atoms with E-state index >= 15 is 0 Å². The molecule has 0 aliphatic carbocycles. The van der Waals surface area contributed by atoms with Crippen molar-refractivity contribution in [3.8, 4) is 11.6 Å². The van der Waals surface area contributed by atoms with Crippen molar-refractivity contribution >= 4 is 27.4 Å². The molecule has 5 nitrogen and oxygen atoms in total. The van der Waals surface area contributed by atoms with E-state index in [1.54, 1.807) is 11.3 Å². The maximum atomic E-state index is 6.19.